The Morgan fingerprint density at radius 2 is 1.46 bits per heavy atom. The van der Waals surface area contributed by atoms with Crippen molar-refractivity contribution in [3.05, 3.63) is 53.6 Å². The maximum absolute atomic E-state index is 12.9. The molecule has 0 aliphatic carbocycles. The van der Waals surface area contributed by atoms with Crippen molar-refractivity contribution in [2.75, 3.05) is 37.3 Å². The number of sulfonamides is 1. The van der Waals surface area contributed by atoms with Crippen LogP contribution in [-0.2, 0) is 19.9 Å². The number of benzene rings is 2. The number of sulfone groups is 1. The molecule has 0 aromatic heterocycles. The lowest BCUT2D eigenvalue weighted by Gasteiger charge is -2.35. The molecule has 1 saturated heterocycles. The summed E-state index contributed by atoms with van der Waals surface area (Å²) in [6, 6.07) is 12.9. The Labute approximate surface area is 159 Å². The molecule has 2 aromatic carbocycles. The predicted octanol–water partition coefficient (Wildman–Crippen LogP) is 2.25. The van der Waals surface area contributed by atoms with E-state index in [2.05, 4.69) is 4.90 Å². The summed E-state index contributed by atoms with van der Waals surface area (Å²) in [6.07, 6.45) is 1.06. The van der Waals surface area contributed by atoms with E-state index in [9.17, 15) is 16.8 Å². The number of halogens is 1. The van der Waals surface area contributed by atoms with Gasteiger partial charge < -0.3 is 4.90 Å². The zero-order valence-corrected chi connectivity index (χ0v) is 16.6. The molecule has 3 rings (SSSR count). The molecule has 0 radical (unpaired) electrons. The standard InChI is InChI=1S/C17H19ClN2O4S2/c1-25(21,22)16-6-3-7-17(13-16)26(23,24)20-10-8-19(9-11-20)15-5-2-4-14(18)12-15/h2-7,12-13H,8-11H2,1H3. The molecule has 26 heavy (non-hydrogen) atoms. The minimum absolute atomic E-state index is 0.00312. The molecule has 1 aliphatic rings. The average Bonchev–Trinajstić information content (AvgIpc) is 2.61. The van der Waals surface area contributed by atoms with Crippen molar-refractivity contribution in [2.45, 2.75) is 9.79 Å². The molecule has 0 atom stereocenters. The molecule has 0 unspecified atom stereocenters. The third kappa shape index (κ3) is 4.03. The third-order valence-electron chi connectivity index (χ3n) is 4.28. The first kappa shape index (κ1) is 19.2. The van der Waals surface area contributed by atoms with E-state index in [1.54, 1.807) is 6.07 Å². The van der Waals surface area contributed by atoms with E-state index in [-0.39, 0.29) is 9.79 Å². The Kier molecular flexibility index (Phi) is 5.30. The maximum Gasteiger partial charge on any atom is 0.243 e. The van der Waals surface area contributed by atoms with Crippen LogP contribution in [0.4, 0.5) is 5.69 Å². The van der Waals surface area contributed by atoms with Gasteiger partial charge in [-0.05, 0) is 36.4 Å². The minimum atomic E-state index is -3.74. The van der Waals surface area contributed by atoms with Gasteiger partial charge in [0.2, 0.25) is 10.0 Å². The highest BCUT2D eigenvalue weighted by Crippen LogP contribution is 2.24. The first-order valence-electron chi connectivity index (χ1n) is 7.99. The first-order valence-corrected chi connectivity index (χ1v) is 11.7. The molecule has 1 fully saturated rings. The van der Waals surface area contributed by atoms with Crippen LogP contribution in [0.2, 0.25) is 5.02 Å². The third-order valence-corrected chi connectivity index (χ3v) is 7.52. The van der Waals surface area contributed by atoms with Gasteiger partial charge in [-0.2, -0.15) is 4.31 Å². The zero-order chi connectivity index (χ0) is 18.9. The van der Waals surface area contributed by atoms with Crippen molar-refractivity contribution in [1.29, 1.82) is 0 Å². The number of hydrogen-bond acceptors (Lipinski definition) is 5. The van der Waals surface area contributed by atoms with Crippen LogP contribution >= 0.6 is 11.6 Å². The Balaban J connectivity index is 1.78. The van der Waals surface area contributed by atoms with Crippen molar-refractivity contribution in [2.24, 2.45) is 0 Å². The monoisotopic (exact) mass is 414 g/mol. The van der Waals surface area contributed by atoms with Gasteiger partial charge in [0.05, 0.1) is 9.79 Å². The van der Waals surface area contributed by atoms with E-state index in [0.717, 1.165) is 11.9 Å². The summed E-state index contributed by atoms with van der Waals surface area (Å²) in [4.78, 5) is 2.07. The van der Waals surface area contributed by atoms with Crippen LogP contribution in [0.1, 0.15) is 0 Å². The molecule has 0 saturated carbocycles. The Morgan fingerprint density at radius 1 is 0.846 bits per heavy atom. The van der Waals surface area contributed by atoms with Gasteiger partial charge in [-0.15, -0.1) is 0 Å². The van der Waals surface area contributed by atoms with Gasteiger partial charge in [-0.25, -0.2) is 16.8 Å². The van der Waals surface area contributed by atoms with Gasteiger partial charge >= 0.3 is 0 Å². The van der Waals surface area contributed by atoms with Gasteiger partial charge in [-0.1, -0.05) is 23.7 Å². The highest BCUT2D eigenvalue weighted by Gasteiger charge is 2.29. The maximum atomic E-state index is 12.9. The van der Waals surface area contributed by atoms with Gasteiger partial charge in [0.15, 0.2) is 9.84 Å². The SMILES string of the molecule is CS(=O)(=O)c1cccc(S(=O)(=O)N2CCN(c3cccc(Cl)c3)CC2)c1. The smallest absolute Gasteiger partial charge is 0.243 e. The molecule has 2 aromatic rings. The molecule has 140 valence electrons. The van der Waals surface area contributed by atoms with Gasteiger partial charge in [0.1, 0.15) is 0 Å². The van der Waals surface area contributed by atoms with Crippen LogP contribution < -0.4 is 4.90 Å². The summed E-state index contributed by atoms with van der Waals surface area (Å²) in [7, 11) is -7.21. The molecule has 1 heterocycles. The summed E-state index contributed by atoms with van der Waals surface area (Å²) in [5.41, 5.74) is 0.952. The van der Waals surface area contributed by atoms with E-state index < -0.39 is 19.9 Å². The second kappa shape index (κ2) is 7.19. The molecule has 0 spiro atoms. The molecule has 1 aliphatic heterocycles. The fourth-order valence-electron chi connectivity index (χ4n) is 2.87. The molecule has 6 nitrogen and oxygen atoms in total. The molecule has 0 amide bonds. The summed E-state index contributed by atoms with van der Waals surface area (Å²) >= 11 is 6.01. The van der Waals surface area contributed by atoms with E-state index in [1.807, 2.05) is 18.2 Å². The van der Waals surface area contributed by atoms with Crippen molar-refractivity contribution in [3.63, 3.8) is 0 Å². The van der Waals surface area contributed by atoms with Crippen LogP contribution in [0.3, 0.4) is 0 Å². The number of rotatable bonds is 4. The average molecular weight is 415 g/mol. The minimum Gasteiger partial charge on any atom is -0.369 e. The zero-order valence-electron chi connectivity index (χ0n) is 14.2. The number of hydrogen-bond donors (Lipinski definition) is 0. The normalized spacial score (nSPS) is 16.6. The van der Waals surface area contributed by atoms with Crippen LogP contribution in [-0.4, -0.2) is 53.6 Å². The predicted molar refractivity (Wildman–Crippen MR) is 102 cm³/mol. The largest absolute Gasteiger partial charge is 0.369 e. The van der Waals surface area contributed by atoms with Crippen molar-refractivity contribution in [1.82, 2.24) is 4.31 Å². The Hall–Kier alpha value is -1.61. The highest BCUT2D eigenvalue weighted by molar-refractivity contribution is 7.91. The lowest BCUT2D eigenvalue weighted by Crippen LogP contribution is -2.48. The fourth-order valence-corrected chi connectivity index (χ4v) is 5.27. The van der Waals surface area contributed by atoms with Crippen LogP contribution in [0.25, 0.3) is 0 Å². The molecular weight excluding hydrogens is 396 g/mol. The van der Waals surface area contributed by atoms with E-state index in [4.69, 9.17) is 11.6 Å². The van der Waals surface area contributed by atoms with E-state index in [1.165, 1.54) is 28.6 Å². The van der Waals surface area contributed by atoms with Crippen molar-refractivity contribution in [3.8, 4) is 0 Å². The summed E-state index contributed by atoms with van der Waals surface area (Å²) in [5.74, 6) is 0. The van der Waals surface area contributed by atoms with Gasteiger partial charge in [-0.3, -0.25) is 0 Å². The lowest BCUT2D eigenvalue weighted by atomic mass is 10.2. The molecule has 0 N–H and O–H groups in total. The van der Waals surface area contributed by atoms with Crippen molar-refractivity contribution < 1.29 is 16.8 Å². The van der Waals surface area contributed by atoms with E-state index >= 15 is 0 Å². The summed E-state index contributed by atoms with van der Waals surface area (Å²) in [5, 5.41) is 0.634. The second-order valence-corrected chi connectivity index (χ2v) is 10.5. The van der Waals surface area contributed by atoms with Gasteiger partial charge in [0.25, 0.3) is 0 Å². The number of anilines is 1. The van der Waals surface area contributed by atoms with Crippen LogP contribution in [0.5, 0.6) is 0 Å². The van der Waals surface area contributed by atoms with Crippen molar-refractivity contribution >= 4 is 37.1 Å². The molecule has 0 bridgehead atoms. The summed E-state index contributed by atoms with van der Waals surface area (Å²) < 4.78 is 50.5. The highest BCUT2D eigenvalue weighted by atomic mass is 35.5. The number of nitrogens with zero attached hydrogens (tertiary/aromatic N) is 2. The van der Waals surface area contributed by atoms with Crippen LogP contribution in [0.15, 0.2) is 58.3 Å². The molecule has 9 heteroatoms. The molecular formula is C17H19ClN2O4S2. The second-order valence-electron chi connectivity index (χ2n) is 6.12. The Bertz CT molecular complexity index is 1010. The lowest BCUT2D eigenvalue weighted by molar-refractivity contribution is 0.385. The quantitative estimate of drug-likeness (QED) is 0.767. The topological polar surface area (TPSA) is 74.8 Å². The van der Waals surface area contributed by atoms with E-state index in [0.29, 0.717) is 31.2 Å². The Morgan fingerprint density at radius 3 is 2.08 bits per heavy atom. The number of piperazine rings is 1. The van der Waals surface area contributed by atoms with Crippen LogP contribution in [0, 0.1) is 0 Å². The first-order chi connectivity index (χ1) is 12.2. The fraction of sp³-hybridized carbons (Fsp3) is 0.294. The van der Waals surface area contributed by atoms with Gasteiger partial charge in [0, 0.05) is 43.1 Å². The summed E-state index contributed by atoms with van der Waals surface area (Å²) in [6.45, 7) is 1.70.